The molecule has 0 saturated carbocycles. The Hall–Kier alpha value is -0.0400. The summed E-state index contributed by atoms with van der Waals surface area (Å²) in [6, 6.07) is 0. The summed E-state index contributed by atoms with van der Waals surface area (Å²) in [5.74, 6) is 1.00. The van der Waals surface area contributed by atoms with Crippen molar-refractivity contribution in [2.75, 3.05) is 19.6 Å². The Kier molecular flexibility index (Phi) is 14.2. The van der Waals surface area contributed by atoms with E-state index in [0.29, 0.717) is 0 Å². The second-order valence-corrected chi connectivity index (χ2v) is 2.96. The van der Waals surface area contributed by atoms with Crippen LogP contribution in [-0.4, -0.2) is 24.5 Å². The molecule has 1 rings (SSSR count). The highest BCUT2D eigenvalue weighted by Crippen LogP contribution is 2.17. The van der Waals surface area contributed by atoms with E-state index in [1.165, 1.54) is 32.5 Å². The third-order valence-electron chi connectivity index (χ3n) is 2.39. The standard InChI is InChI=1S/C8H17N.2C2H6/c1-3-8-5-6-9(4-2)7-8;2*1-2/h8H,3-7H2,1-2H3;2*1-2H3. The van der Waals surface area contributed by atoms with Crippen molar-refractivity contribution in [3.8, 4) is 0 Å². The second-order valence-electron chi connectivity index (χ2n) is 2.96. The topological polar surface area (TPSA) is 3.24 Å². The van der Waals surface area contributed by atoms with Gasteiger partial charge in [0.05, 0.1) is 0 Å². The summed E-state index contributed by atoms with van der Waals surface area (Å²) in [6.45, 7) is 16.5. The zero-order chi connectivity index (χ0) is 10.7. The third kappa shape index (κ3) is 7.06. The van der Waals surface area contributed by atoms with Gasteiger partial charge in [-0.2, -0.15) is 0 Å². The Morgan fingerprint density at radius 2 is 1.62 bits per heavy atom. The van der Waals surface area contributed by atoms with Gasteiger partial charge in [-0.05, 0) is 25.4 Å². The molecule has 1 heteroatoms. The van der Waals surface area contributed by atoms with Crippen LogP contribution in [0.4, 0.5) is 0 Å². The summed E-state index contributed by atoms with van der Waals surface area (Å²) in [7, 11) is 0. The van der Waals surface area contributed by atoms with E-state index in [1.807, 2.05) is 27.7 Å². The van der Waals surface area contributed by atoms with E-state index >= 15 is 0 Å². The number of likely N-dealkylation sites (tertiary alicyclic amines) is 1. The van der Waals surface area contributed by atoms with Gasteiger partial charge in [0.1, 0.15) is 0 Å². The van der Waals surface area contributed by atoms with Crippen LogP contribution in [0.25, 0.3) is 0 Å². The highest BCUT2D eigenvalue weighted by Gasteiger charge is 2.18. The average molecular weight is 187 g/mol. The first-order valence-corrected chi connectivity index (χ1v) is 6.09. The SMILES string of the molecule is CC.CC.CCC1CCN(CC)C1. The minimum Gasteiger partial charge on any atom is -0.303 e. The van der Waals surface area contributed by atoms with E-state index in [4.69, 9.17) is 0 Å². The number of nitrogens with zero attached hydrogens (tertiary/aromatic N) is 1. The van der Waals surface area contributed by atoms with Crippen LogP contribution in [0.2, 0.25) is 0 Å². The van der Waals surface area contributed by atoms with Gasteiger partial charge in [-0.25, -0.2) is 0 Å². The zero-order valence-electron chi connectivity index (χ0n) is 10.6. The van der Waals surface area contributed by atoms with E-state index in [1.54, 1.807) is 0 Å². The molecule has 0 spiro atoms. The van der Waals surface area contributed by atoms with Gasteiger partial charge < -0.3 is 4.90 Å². The Morgan fingerprint density at radius 3 is 1.85 bits per heavy atom. The number of rotatable bonds is 2. The van der Waals surface area contributed by atoms with Crippen molar-refractivity contribution in [2.45, 2.75) is 54.4 Å². The maximum atomic E-state index is 2.54. The predicted molar refractivity (Wildman–Crippen MR) is 63.2 cm³/mol. The summed E-state index contributed by atoms with van der Waals surface area (Å²) >= 11 is 0. The van der Waals surface area contributed by atoms with Crippen LogP contribution in [-0.2, 0) is 0 Å². The number of hydrogen-bond acceptors (Lipinski definition) is 1. The lowest BCUT2D eigenvalue weighted by molar-refractivity contribution is 0.340. The molecule has 1 atom stereocenters. The zero-order valence-corrected chi connectivity index (χ0v) is 10.6. The van der Waals surface area contributed by atoms with Gasteiger partial charge in [0, 0.05) is 6.54 Å². The molecule has 1 nitrogen and oxygen atoms in total. The molecule has 0 bridgehead atoms. The van der Waals surface area contributed by atoms with Crippen LogP contribution in [0, 0.1) is 5.92 Å². The highest BCUT2D eigenvalue weighted by molar-refractivity contribution is 4.72. The van der Waals surface area contributed by atoms with E-state index in [9.17, 15) is 0 Å². The fourth-order valence-electron chi connectivity index (χ4n) is 1.53. The monoisotopic (exact) mass is 187 g/mol. The van der Waals surface area contributed by atoms with Crippen LogP contribution in [0.15, 0.2) is 0 Å². The van der Waals surface area contributed by atoms with Gasteiger partial charge in [-0.15, -0.1) is 0 Å². The van der Waals surface area contributed by atoms with Crippen molar-refractivity contribution in [1.82, 2.24) is 4.90 Å². The summed E-state index contributed by atoms with van der Waals surface area (Å²) in [6.07, 6.45) is 2.81. The molecule has 0 amide bonds. The van der Waals surface area contributed by atoms with Gasteiger partial charge in [0.2, 0.25) is 0 Å². The van der Waals surface area contributed by atoms with E-state index < -0.39 is 0 Å². The predicted octanol–water partition coefficient (Wildman–Crippen LogP) is 3.79. The highest BCUT2D eigenvalue weighted by atomic mass is 15.1. The lowest BCUT2D eigenvalue weighted by Crippen LogP contribution is -2.19. The van der Waals surface area contributed by atoms with Gasteiger partial charge in [-0.3, -0.25) is 0 Å². The Balaban J connectivity index is 0. The molecule has 1 saturated heterocycles. The quantitative estimate of drug-likeness (QED) is 0.636. The minimum atomic E-state index is 1.00. The van der Waals surface area contributed by atoms with Crippen molar-refractivity contribution in [2.24, 2.45) is 5.92 Å². The summed E-state index contributed by atoms with van der Waals surface area (Å²) in [5, 5.41) is 0. The molecule has 1 unspecified atom stereocenters. The van der Waals surface area contributed by atoms with Gasteiger partial charge >= 0.3 is 0 Å². The van der Waals surface area contributed by atoms with Gasteiger partial charge in [0.25, 0.3) is 0 Å². The third-order valence-corrected chi connectivity index (χ3v) is 2.39. The van der Waals surface area contributed by atoms with Crippen molar-refractivity contribution < 1.29 is 0 Å². The first-order valence-electron chi connectivity index (χ1n) is 6.09. The first kappa shape index (κ1) is 15.4. The summed E-state index contributed by atoms with van der Waals surface area (Å²) in [4.78, 5) is 2.54. The maximum Gasteiger partial charge on any atom is 0.000992 e. The normalized spacial score (nSPS) is 21.2. The maximum absolute atomic E-state index is 2.54. The van der Waals surface area contributed by atoms with Crippen LogP contribution in [0.1, 0.15) is 54.4 Å². The first-order chi connectivity index (χ1) is 6.36. The van der Waals surface area contributed by atoms with Crippen molar-refractivity contribution >= 4 is 0 Å². The molecule has 1 fully saturated rings. The largest absolute Gasteiger partial charge is 0.303 e. The van der Waals surface area contributed by atoms with E-state index in [2.05, 4.69) is 18.7 Å². The average Bonchev–Trinajstić information content (AvgIpc) is 2.71. The van der Waals surface area contributed by atoms with Gasteiger partial charge in [0.15, 0.2) is 0 Å². The fourth-order valence-corrected chi connectivity index (χ4v) is 1.53. The smallest absolute Gasteiger partial charge is 0.000992 e. The minimum absolute atomic E-state index is 1.00. The molecule has 13 heavy (non-hydrogen) atoms. The van der Waals surface area contributed by atoms with Crippen LogP contribution < -0.4 is 0 Å². The summed E-state index contributed by atoms with van der Waals surface area (Å²) in [5.41, 5.74) is 0. The Labute approximate surface area is 85.5 Å². The van der Waals surface area contributed by atoms with Crippen LogP contribution in [0.5, 0.6) is 0 Å². The van der Waals surface area contributed by atoms with Crippen LogP contribution >= 0.6 is 0 Å². The van der Waals surface area contributed by atoms with E-state index in [0.717, 1.165) is 5.92 Å². The lowest BCUT2D eigenvalue weighted by atomic mass is 10.1. The molecule has 0 aromatic carbocycles. The molecule has 0 N–H and O–H groups in total. The molecular weight excluding hydrogens is 158 g/mol. The van der Waals surface area contributed by atoms with Crippen molar-refractivity contribution in [1.29, 1.82) is 0 Å². The molecule has 0 aromatic rings. The lowest BCUT2D eigenvalue weighted by Gasteiger charge is -2.11. The fraction of sp³-hybridized carbons (Fsp3) is 1.00. The van der Waals surface area contributed by atoms with E-state index in [-0.39, 0.29) is 0 Å². The van der Waals surface area contributed by atoms with Crippen molar-refractivity contribution in [3.63, 3.8) is 0 Å². The molecule has 0 radical (unpaired) electrons. The van der Waals surface area contributed by atoms with Crippen LogP contribution in [0.3, 0.4) is 0 Å². The Morgan fingerprint density at radius 1 is 1.08 bits per heavy atom. The molecule has 1 aliphatic heterocycles. The summed E-state index contributed by atoms with van der Waals surface area (Å²) < 4.78 is 0. The second kappa shape index (κ2) is 12.0. The molecule has 0 aromatic heterocycles. The molecule has 0 aliphatic carbocycles. The van der Waals surface area contributed by atoms with Crippen molar-refractivity contribution in [3.05, 3.63) is 0 Å². The number of hydrogen-bond donors (Lipinski definition) is 0. The molecule has 1 heterocycles. The Bertz CT molecular complexity index is 71.2. The molecular formula is C12H29N. The van der Waals surface area contributed by atoms with Gasteiger partial charge in [-0.1, -0.05) is 48.0 Å². The molecule has 82 valence electrons. The molecule has 1 aliphatic rings.